The molecule has 1 fully saturated rings. The smallest absolute Gasteiger partial charge is 0.137 e. The predicted molar refractivity (Wildman–Crippen MR) is 82.3 cm³/mol. The van der Waals surface area contributed by atoms with Crippen molar-refractivity contribution in [3.63, 3.8) is 0 Å². The van der Waals surface area contributed by atoms with E-state index in [-0.39, 0.29) is 0 Å². The average molecular weight is 274 g/mol. The summed E-state index contributed by atoms with van der Waals surface area (Å²) >= 11 is 0. The summed E-state index contributed by atoms with van der Waals surface area (Å²) in [4.78, 5) is 12.2. The van der Waals surface area contributed by atoms with Gasteiger partial charge in [-0.15, -0.1) is 0 Å². The summed E-state index contributed by atoms with van der Waals surface area (Å²) < 4.78 is 5.34. The highest BCUT2D eigenvalue weighted by Crippen LogP contribution is 2.28. The topological polar surface area (TPSA) is 26.3 Å². The minimum absolute atomic E-state index is 0.347. The van der Waals surface area contributed by atoms with Gasteiger partial charge in [-0.2, -0.15) is 0 Å². The number of hydrogen-bond donors (Lipinski definition) is 0. The van der Waals surface area contributed by atoms with Crippen LogP contribution >= 0.6 is 0 Å². The zero-order chi connectivity index (χ0) is 14.4. The molecule has 1 aliphatic rings. The number of ketones is 1. The van der Waals surface area contributed by atoms with Gasteiger partial charge in [0.05, 0.1) is 7.11 Å². The van der Waals surface area contributed by atoms with Crippen molar-refractivity contribution in [3.05, 3.63) is 29.3 Å². The number of ether oxygens (including phenoxy) is 1. The molecule has 0 bridgehead atoms. The highest BCUT2D eigenvalue weighted by molar-refractivity contribution is 5.81. The summed E-state index contributed by atoms with van der Waals surface area (Å²) in [6, 6.07) is 6.05. The molecule has 0 aromatic heterocycles. The molecular formula is C18H26O2. The lowest BCUT2D eigenvalue weighted by Gasteiger charge is -2.21. The molecule has 0 amide bonds. The SMILES string of the molecule is COc1ccc(C)cc1CC(=O)CCC1CCCCC1. The molecule has 0 spiro atoms. The molecule has 2 rings (SSSR count). The Morgan fingerprint density at radius 2 is 2.00 bits per heavy atom. The zero-order valence-electron chi connectivity index (χ0n) is 12.8. The van der Waals surface area contributed by atoms with Gasteiger partial charge in [-0.1, -0.05) is 49.8 Å². The first kappa shape index (κ1) is 15.1. The Balaban J connectivity index is 1.86. The predicted octanol–water partition coefficient (Wildman–Crippen LogP) is 4.48. The Morgan fingerprint density at radius 3 is 2.70 bits per heavy atom. The van der Waals surface area contributed by atoms with Gasteiger partial charge in [0.25, 0.3) is 0 Å². The quantitative estimate of drug-likeness (QED) is 0.764. The maximum Gasteiger partial charge on any atom is 0.137 e. The number of hydrogen-bond acceptors (Lipinski definition) is 2. The van der Waals surface area contributed by atoms with Crippen LogP contribution in [0.25, 0.3) is 0 Å². The number of rotatable bonds is 6. The third-order valence-corrected chi connectivity index (χ3v) is 4.38. The van der Waals surface area contributed by atoms with Gasteiger partial charge in [-0.3, -0.25) is 4.79 Å². The molecule has 1 saturated carbocycles. The molecule has 110 valence electrons. The molecule has 0 N–H and O–H groups in total. The van der Waals surface area contributed by atoms with E-state index in [0.29, 0.717) is 12.2 Å². The molecular weight excluding hydrogens is 248 g/mol. The standard InChI is InChI=1S/C18H26O2/c1-14-8-11-18(20-2)16(12-14)13-17(19)10-9-15-6-4-3-5-7-15/h8,11-12,15H,3-7,9-10,13H2,1-2H3. The molecule has 0 unspecified atom stereocenters. The minimum atomic E-state index is 0.347. The van der Waals surface area contributed by atoms with Crippen LogP contribution in [0.2, 0.25) is 0 Å². The number of benzene rings is 1. The molecule has 1 aromatic rings. The van der Waals surface area contributed by atoms with E-state index in [4.69, 9.17) is 4.74 Å². The van der Waals surface area contributed by atoms with E-state index in [9.17, 15) is 4.79 Å². The first-order valence-corrected chi connectivity index (χ1v) is 7.84. The second-order valence-corrected chi connectivity index (χ2v) is 6.07. The Bertz CT molecular complexity index is 445. The summed E-state index contributed by atoms with van der Waals surface area (Å²) in [7, 11) is 1.67. The fourth-order valence-electron chi connectivity index (χ4n) is 3.19. The van der Waals surface area contributed by atoms with Gasteiger partial charge in [0.2, 0.25) is 0 Å². The monoisotopic (exact) mass is 274 g/mol. The van der Waals surface area contributed by atoms with Crippen LogP contribution in [0, 0.1) is 12.8 Å². The second-order valence-electron chi connectivity index (χ2n) is 6.07. The number of carbonyl (C=O) groups excluding carboxylic acids is 1. The largest absolute Gasteiger partial charge is 0.496 e. The summed E-state index contributed by atoms with van der Waals surface area (Å²) in [5.41, 5.74) is 2.21. The summed E-state index contributed by atoms with van der Waals surface area (Å²) in [6.45, 7) is 2.05. The fourth-order valence-corrected chi connectivity index (χ4v) is 3.19. The maximum absolute atomic E-state index is 12.2. The van der Waals surface area contributed by atoms with E-state index in [1.807, 2.05) is 12.1 Å². The van der Waals surface area contributed by atoms with Crippen molar-refractivity contribution < 1.29 is 9.53 Å². The van der Waals surface area contributed by atoms with Crippen molar-refractivity contribution in [1.82, 2.24) is 0 Å². The Kier molecular flexibility index (Phi) is 5.63. The van der Waals surface area contributed by atoms with E-state index < -0.39 is 0 Å². The Morgan fingerprint density at radius 1 is 1.25 bits per heavy atom. The third-order valence-electron chi connectivity index (χ3n) is 4.38. The average Bonchev–Trinajstić information content (AvgIpc) is 2.46. The molecule has 20 heavy (non-hydrogen) atoms. The van der Waals surface area contributed by atoms with Crippen molar-refractivity contribution >= 4 is 5.78 Å². The number of carbonyl (C=O) groups is 1. The third kappa shape index (κ3) is 4.36. The first-order valence-electron chi connectivity index (χ1n) is 7.84. The molecule has 1 aromatic carbocycles. The van der Waals surface area contributed by atoms with Crippen LogP contribution in [0.1, 0.15) is 56.1 Å². The van der Waals surface area contributed by atoms with Crippen LogP contribution in [0.3, 0.4) is 0 Å². The first-order chi connectivity index (χ1) is 9.69. The highest BCUT2D eigenvalue weighted by Gasteiger charge is 2.15. The van der Waals surface area contributed by atoms with E-state index in [0.717, 1.165) is 30.1 Å². The summed E-state index contributed by atoms with van der Waals surface area (Å²) in [6.07, 6.45) is 9.04. The van der Waals surface area contributed by atoms with Crippen molar-refractivity contribution in [2.24, 2.45) is 5.92 Å². The molecule has 2 heteroatoms. The minimum Gasteiger partial charge on any atom is -0.496 e. The summed E-state index contributed by atoms with van der Waals surface area (Å²) in [5.74, 6) is 1.97. The van der Waals surface area contributed by atoms with Crippen molar-refractivity contribution in [2.75, 3.05) is 7.11 Å². The second kappa shape index (κ2) is 7.47. The lowest BCUT2D eigenvalue weighted by molar-refractivity contribution is -0.118. The van der Waals surface area contributed by atoms with Gasteiger partial charge in [-0.25, -0.2) is 0 Å². The lowest BCUT2D eigenvalue weighted by Crippen LogP contribution is -2.10. The zero-order valence-corrected chi connectivity index (χ0v) is 12.8. The Hall–Kier alpha value is -1.31. The molecule has 0 atom stereocenters. The van der Waals surface area contributed by atoms with E-state index in [1.165, 1.54) is 37.7 Å². The van der Waals surface area contributed by atoms with E-state index in [1.54, 1.807) is 7.11 Å². The van der Waals surface area contributed by atoms with Crippen LogP contribution in [0.15, 0.2) is 18.2 Å². The number of aryl methyl sites for hydroxylation is 1. The molecule has 1 aliphatic carbocycles. The lowest BCUT2D eigenvalue weighted by atomic mass is 9.85. The van der Waals surface area contributed by atoms with Crippen LogP contribution in [-0.4, -0.2) is 12.9 Å². The molecule has 0 saturated heterocycles. The van der Waals surface area contributed by atoms with Gasteiger partial charge in [-0.05, 0) is 25.3 Å². The van der Waals surface area contributed by atoms with E-state index in [2.05, 4.69) is 13.0 Å². The van der Waals surface area contributed by atoms with Gasteiger partial charge < -0.3 is 4.74 Å². The normalized spacial score (nSPS) is 16.1. The van der Waals surface area contributed by atoms with Crippen LogP contribution in [-0.2, 0) is 11.2 Å². The van der Waals surface area contributed by atoms with Gasteiger partial charge >= 0.3 is 0 Å². The van der Waals surface area contributed by atoms with Gasteiger partial charge in [0.1, 0.15) is 11.5 Å². The van der Waals surface area contributed by atoms with Crippen LogP contribution < -0.4 is 4.74 Å². The molecule has 0 heterocycles. The van der Waals surface area contributed by atoms with Gasteiger partial charge in [0.15, 0.2) is 0 Å². The highest BCUT2D eigenvalue weighted by atomic mass is 16.5. The van der Waals surface area contributed by atoms with Crippen molar-refractivity contribution in [3.8, 4) is 5.75 Å². The fraction of sp³-hybridized carbons (Fsp3) is 0.611. The number of Topliss-reactive ketones (excluding diaryl/α,β-unsaturated/α-hetero) is 1. The Labute approximate surface area is 122 Å². The van der Waals surface area contributed by atoms with Gasteiger partial charge in [0, 0.05) is 18.4 Å². The van der Waals surface area contributed by atoms with Crippen LogP contribution in [0.5, 0.6) is 5.75 Å². The molecule has 0 aliphatic heterocycles. The van der Waals surface area contributed by atoms with E-state index >= 15 is 0 Å². The van der Waals surface area contributed by atoms with Crippen LogP contribution in [0.4, 0.5) is 0 Å². The number of methoxy groups -OCH3 is 1. The molecule has 0 radical (unpaired) electrons. The molecule has 2 nitrogen and oxygen atoms in total. The summed E-state index contributed by atoms with van der Waals surface area (Å²) in [5, 5.41) is 0. The van der Waals surface area contributed by atoms with Crippen molar-refractivity contribution in [2.45, 2.75) is 58.3 Å². The van der Waals surface area contributed by atoms with Crippen molar-refractivity contribution in [1.29, 1.82) is 0 Å². The maximum atomic E-state index is 12.2.